The molecule has 5 rings (SSSR count). The van der Waals surface area contributed by atoms with Gasteiger partial charge in [-0.3, -0.25) is 9.36 Å². The molecule has 1 aliphatic rings. The van der Waals surface area contributed by atoms with E-state index >= 15 is 0 Å². The average Bonchev–Trinajstić information content (AvgIpc) is 3.30. The Bertz CT molecular complexity index is 1300. The number of aryl methyl sites for hydroxylation is 1. The van der Waals surface area contributed by atoms with E-state index in [0.29, 0.717) is 43.9 Å². The average molecular weight is 420 g/mol. The van der Waals surface area contributed by atoms with Crippen molar-refractivity contribution in [1.82, 2.24) is 29.3 Å². The quantitative estimate of drug-likeness (QED) is 0.547. The zero-order valence-corrected chi connectivity index (χ0v) is 16.7. The summed E-state index contributed by atoms with van der Waals surface area (Å²) in [5.41, 5.74) is 1.96. The molecule has 0 bridgehead atoms. The minimum atomic E-state index is -0.311. The van der Waals surface area contributed by atoms with Crippen LogP contribution in [0.5, 0.6) is 0 Å². The van der Waals surface area contributed by atoms with Gasteiger partial charge < -0.3 is 5.32 Å². The van der Waals surface area contributed by atoms with Crippen LogP contribution in [0.2, 0.25) is 0 Å². The van der Waals surface area contributed by atoms with Crippen molar-refractivity contribution in [2.24, 2.45) is 0 Å². The largest absolute Gasteiger partial charge is 0.348 e. The molecule has 0 saturated heterocycles. The van der Waals surface area contributed by atoms with Gasteiger partial charge in [-0.15, -0.1) is 0 Å². The molecule has 1 amide bonds. The third-order valence-electron chi connectivity index (χ3n) is 5.65. The summed E-state index contributed by atoms with van der Waals surface area (Å²) in [5, 5.41) is 11.8. The third-order valence-corrected chi connectivity index (χ3v) is 5.65. The Morgan fingerprint density at radius 1 is 1.13 bits per heavy atom. The number of nitrogens with zero attached hydrogens (tertiary/aromatic N) is 5. The highest BCUT2D eigenvalue weighted by Crippen LogP contribution is 2.14. The molecule has 31 heavy (non-hydrogen) atoms. The molecule has 158 valence electrons. The van der Waals surface area contributed by atoms with Crippen LogP contribution in [0.1, 0.15) is 34.7 Å². The SMILES string of the molecule is O=C(NC1CCc2nn(Cc3ccc(F)cc3)c(=O)n2CC1)c1cccc2ccnn12. The molecule has 1 aromatic carbocycles. The molecule has 4 aromatic rings. The van der Waals surface area contributed by atoms with E-state index in [1.165, 1.54) is 16.8 Å². The van der Waals surface area contributed by atoms with Crippen LogP contribution < -0.4 is 11.0 Å². The second kappa shape index (κ2) is 7.82. The van der Waals surface area contributed by atoms with Crippen molar-refractivity contribution in [2.45, 2.75) is 38.4 Å². The van der Waals surface area contributed by atoms with E-state index in [0.717, 1.165) is 11.1 Å². The number of carbonyl (C=O) groups is 1. The topological polar surface area (TPSA) is 86.2 Å². The number of nitrogens with one attached hydrogen (secondary N) is 1. The van der Waals surface area contributed by atoms with Gasteiger partial charge in [-0.05, 0) is 48.7 Å². The predicted octanol–water partition coefficient (Wildman–Crippen LogP) is 2.01. The summed E-state index contributed by atoms with van der Waals surface area (Å²) < 4.78 is 17.8. The van der Waals surface area contributed by atoms with Crippen LogP contribution in [-0.4, -0.2) is 35.9 Å². The molecule has 1 unspecified atom stereocenters. The highest BCUT2D eigenvalue weighted by atomic mass is 19.1. The van der Waals surface area contributed by atoms with Crippen molar-refractivity contribution in [3.8, 4) is 0 Å². The number of aromatic nitrogens is 5. The number of carbonyl (C=O) groups excluding carboxylic acids is 1. The summed E-state index contributed by atoms with van der Waals surface area (Å²) in [6.45, 7) is 0.779. The second-order valence-corrected chi connectivity index (χ2v) is 7.71. The van der Waals surface area contributed by atoms with Crippen LogP contribution in [0.15, 0.2) is 59.5 Å². The maximum absolute atomic E-state index is 13.1. The molecule has 1 atom stereocenters. The van der Waals surface area contributed by atoms with Crippen LogP contribution in [0.3, 0.4) is 0 Å². The molecule has 1 N–H and O–H groups in total. The van der Waals surface area contributed by atoms with E-state index in [4.69, 9.17) is 0 Å². The molecule has 1 aliphatic heterocycles. The normalized spacial score (nSPS) is 16.1. The maximum atomic E-state index is 13.1. The first-order valence-electron chi connectivity index (χ1n) is 10.2. The minimum absolute atomic E-state index is 0.0648. The number of fused-ring (bicyclic) bond motifs is 2. The maximum Gasteiger partial charge on any atom is 0.346 e. The van der Waals surface area contributed by atoms with Gasteiger partial charge in [0.1, 0.15) is 17.3 Å². The van der Waals surface area contributed by atoms with E-state index < -0.39 is 0 Å². The lowest BCUT2D eigenvalue weighted by Gasteiger charge is -2.16. The van der Waals surface area contributed by atoms with Crippen LogP contribution in [-0.2, 0) is 19.5 Å². The Labute approximate surface area is 176 Å². The fraction of sp³-hybridized carbons (Fsp3) is 0.273. The lowest BCUT2D eigenvalue weighted by Crippen LogP contribution is -2.36. The molecule has 3 aromatic heterocycles. The predicted molar refractivity (Wildman–Crippen MR) is 111 cm³/mol. The molecule has 9 heteroatoms. The number of benzene rings is 1. The summed E-state index contributed by atoms with van der Waals surface area (Å²) in [5.74, 6) is 0.208. The fourth-order valence-electron chi connectivity index (χ4n) is 4.02. The number of halogens is 1. The van der Waals surface area contributed by atoms with Crippen molar-refractivity contribution in [1.29, 1.82) is 0 Å². The number of hydrogen-bond acceptors (Lipinski definition) is 4. The van der Waals surface area contributed by atoms with Crippen molar-refractivity contribution in [2.75, 3.05) is 0 Å². The number of rotatable bonds is 4. The lowest BCUT2D eigenvalue weighted by molar-refractivity contribution is 0.0925. The molecule has 0 spiro atoms. The van der Waals surface area contributed by atoms with Crippen LogP contribution in [0.4, 0.5) is 4.39 Å². The van der Waals surface area contributed by atoms with Gasteiger partial charge in [0.25, 0.3) is 5.91 Å². The van der Waals surface area contributed by atoms with Crippen molar-refractivity contribution < 1.29 is 9.18 Å². The van der Waals surface area contributed by atoms with Crippen LogP contribution >= 0.6 is 0 Å². The lowest BCUT2D eigenvalue weighted by atomic mass is 10.1. The van der Waals surface area contributed by atoms with Gasteiger partial charge in [0, 0.05) is 19.0 Å². The number of amides is 1. The first kappa shape index (κ1) is 19.2. The third kappa shape index (κ3) is 3.74. The van der Waals surface area contributed by atoms with E-state index in [1.54, 1.807) is 33.5 Å². The van der Waals surface area contributed by atoms with Gasteiger partial charge in [-0.2, -0.15) is 10.2 Å². The Morgan fingerprint density at radius 3 is 2.81 bits per heavy atom. The first-order valence-corrected chi connectivity index (χ1v) is 10.2. The fourth-order valence-corrected chi connectivity index (χ4v) is 4.02. The molecule has 0 fully saturated rings. The summed E-state index contributed by atoms with van der Waals surface area (Å²) in [4.78, 5) is 25.6. The molecular weight excluding hydrogens is 399 g/mol. The number of pyridine rings is 1. The van der Waals surface area contributed by atoms with Gasteiger partial charge in [0.05, 0.1) is 18.3 Å². The van der Waals surface area contributed by atoms with E-state index in [9.17, 15) is 14.0 Å². The van der Waals surface area contributed by atoms with Gasteiger partial charge in [-0.1, -0.05) is 18.2 Å². The summed E-state index contributed by atoms with van der Waals surface area (Å²) in [7, 11) is 0. The second-order valence-electron chi connectivity index (χ2n) is 7.71. The summed E-state index contributed by atoms with van der Waals surface area (Å²) in [6.07, 6.45) is 3.57. The molecule has 0 radical (unpaired) electrons. The Kier molecular flexibility index (Phi) is 4.85. The standard InChI is InChI=1S/C22H21FN6O2/c23-16-6-4-15(5-7-16)14-28-22(31)27-13-11-17(8-9-20(27)26-28)25-21(30)19-3-1-2-18-10-12-24-29(18)19/h1-7,10,12,17H,8-9,11,13-14H2,(H,25,30). The summed E-state index contributed by atoms with van der Waals surface area (Å²) >= 11 is 0. The van der Waals surface area contributed by atoms with Crippen molar-refractivity contribution >= 4 is 11.4 Å². The van der Waals surface area contributed by atoms with Gasteiger partial charge >= 0.3 is 5.69 Å². The molecule has 4 heterocycles. The highest BCUT2D eigenvalue weighted by Gasteiger charge is 2.23. The van der Waals surface area contributed by atoms with Crippen LogP contribution in [0.25, 0.3) is 5.52 Å². The molecular formula is C22H21FN6O2. The van der Waals surface area contributed by atoms with Crippen LogP contribution in [0, 0.1) is 5.82 Å². The van der Waals surface area contributed by atoms with Crippen molar-refractivity contribution in [3.63, 3.8) is 0 Å². The van der Waals surface area contributed by atoms with E-state index in [-0.39, 0.29) is 23.5 Å². The zero-order chi connectivity index (χ0) is 21.4. The zero-order valence-electron chi connectivity index (χ0n) is 16.7. The monoisotopic (exact) mass is 420 g/mol. The highest BCUT2D eigenvalue weighted by molar-refractivity contribution is 5.93. The van der Waals surface area contributed by atoms with Gasteiger partial charge in [-0.25, -0.2) is 18.4 Å². The Morgan fingerprint density at radius 2 is 1.97 bits per heavy atom. The first-order chi connectivity index (χ1) is 15.1. The molecule has 0 saturated carbocycles. The minimum Gasteiger partial charge on any atom is -0.348 e. The smallest absolute Gasteiger partial charge is 0.346 e. The Balaban J connectivity index is 1.28. The summed E-state index contributed by atoms with van der Waals surface area (Å²) in [6, 6.07) is 13.3. The van der Waals surface area contributed by atoms with E-state index in [1.807, 2.05) is 18.2 Å². The molecule has 8 nitrogen and oxygen atoms in total. The molecule has 0 aliphatic carbocycles. The number of hydrogen-bond donors (Lipinski definition) is 1. The van der Waals surface area contributed by atoms with E-state index in [2.05, 4.69) is 15.5 Å². The van der Waals surface area contributed by atoms with Gasteiger partial charge in [0.15, 0.2) is 0 Å². The van der Waals surface area contributed by atoms with Crippen molar-refractivity contribution in [3.05, 3.63) is 88.1 Å². The van der Waals surface area contributed by atoms with Gasteiger partial charge in [0.2, 0.25) is 0 Å². The Hall–Kier alpha value is -3.75.